The van der Waals surface area contributed by atoms with E-state index in [-0.39, 0.29) is 5.92 Å². The van der Waals surface area contributed by atoms with Crippen molar-refractivity contribution in [3.05, 3.63) is 83.9 Å². The number of aliphatic hydroxyl groups is 1. The van der Waals surface area contributed by atoms with E-state index in [0.717, 1.165) is 16.7 Å². The maximum absolute atomic E-state index is 12.4. The second-order valence-electron chi connectivity index (χ2n) is 9.27. The smallest absolute Gasteiger partial charge is 0.407 e. The van der Waals surface area contributed by atoms with Gasteiger partial charge in [0.15, 0.2) is 0 Å². The molecule has 0 aromatic heterocycles. The number of ether oxygens (including phenoxy) is 2. The van der Waals surface area contributed by atoms with Crippen LogP contribution in [0.3, 0.4) is 0 Å². The van der Waals surface area contributed by atoms with Gasteiger partial charge in [-0.15, -0.1) is 0 Å². The number of carbonyl (C=O) groups is 1. The lowest BCUT2D eigenvalue weighted by molar-refractivity contribution is 0.0416. The number of aliphatic hydroxyl groups excluding tert-OH is 1. The van der Waals surface area contributed by atoms with Crippen molar-refractivity contribution in [2.24, 2.45) is 5.92 Å². The average Bonchev–Trinajstić information content (AvgIpc) is 2.73. The zero-order valence-electron chi connectivity index (χ0n) is 19.7. The molecule has 0 aliphatic carbocycles. The van der Waals surface area contributed by atoms with Crippen LogP contribution in [0.4, 0.5) is 4.79 Å². The lowest BCUT2D eigenvalue weighted by Gasteiger charge is -2.28. The van der Waals surface area contributed by atoms with Crippen LogP contribution in [0.5, 0.6) is 0 Å². The van der Waals surface area contributed by atoms with Crippen LogP contribution >= 0.6 is 0 Å². The molecule has 5 nitrogen and oxygen atoms in total. The number of nitrogens with one attached hydrogen (secondary N) is 1. The fourth-order valence-corrected chi connectivity index (χ4v) is 3.27. The summed E-state index contributed by atoms with van der Waals surface area (Å²) in [6.07, 6.45) is -0.481. The molecule has 2 aromatic rings. The van der Waals surface area contributed by atoms with Crippen LogP contribution < -0.4 is 5.32 Å². The molecule has 2 N–H and O–H groups in total. The van der Waals surface area contributed by atoms with E-state index in [9.17, 15) is 9.90 Å². The summed E-state index contributed by atoms with van der Waals surface area (Å²) in [4.78, 5) is 12.4. The predicted octanol–water partition coefficient (Wildman–Crippen LogP) is 5.28. The van der Waals surface area contributed by atoms with Gasteiger partial charge in [0.25, 0.3) is 0 Å². The Kier molecular flexibility index (Phi) is 9.95. The second-order valence-corrected chi connectivity index (χ2v) is 9.27. The number of benzene rings is 2. The molecule has 0 heterocycles. The molecule has 0 fully saturated rings. The highest BCUT2D eigenvalue weighted by atomic mass is 16.6. The zero-order chi connectivity index (χ0) is 23.6. The molecule has 174 valence electrons. The highest BCUT2D eigenvalue weighted by Gasteiger charge is 2.26. The molecule has 0 aliphatic heterocycles. The number of amides is 1. The van der Waals surface area contributed by atoms with Crippen LogP contribution in [0.2, 0.25) is 0 Å². The SMILES string of the molecule is C=C(C[C@@H](O)[C@@H](Cc1ccccc1)NC(=O)OC(C)(C)C)[C@@H](C)COCc1ccccc1. The van der Waals surface area contributed by atoms with Crippen LogP contribution in [-0.2, 0) is 22.5 Å². The van der Waals surface area contributed by atoms with Gasteiger partial charge in [0.2, 0.25) is 0 Å². The molecule has 32 heavy (non-hydrogen) atoms. The van der Waals surface area contributed by atoms with Gasteiger partial charge >= 0.3 is 6.09 Å². The Morgan fingerprint density at radius 1 is 1.03 bits per heavy atom. The summed E-state index contributed by atoms with van der Waals surface area (Å²) in [5, 5.41) is 13.8. The number of hydrogen-bond acceptors (Lipinski definition) is 4. The van der Waals surface area contributed by atoms with Gasteiger partial charge in [0, 0.05) is 5.92 Å². The van der Waals surface area contributed by atoms with Crippen LogP contribution in [0.15, 0.2) is 72.8 Å². The molecule has 0 saturated heterocycles. The molecule has 2 rings (SSSR count). The van der Waals surface area contributed by atoms with Gasteiger partial charge in [-0.2, -0.15) is 0 Å². The topological polar surface area (TPSA) is 67.8 Å². The van der Waals surface area contributed by atoms with Crippen LogP contribution in [0.1, 0.15) is 45.2 Å². The van der Waals surface area contributed by atoms with Gasteiger partial charge in [-0.1, -0.05) is 79.7 Å². The van der Waals surface area contributed by atoms with Crippen molar-refractivity contribution in [3.8, 4) is 0 Å². The van der Waals surface area contributed by atoms with Gasteiger partial charge in [-0.25, -0.2) is 4.79 Å². The molecule has 1 amide bonds. The van der Waals surface area contributed by atoms with Gasteiger partial charge in [0.05, 0.1) is 25.4 Å². The minimum Gasteiger partial charge on any atom is -0.444 e. The summed E-state index contributed by atoms with van der Waals surface area (Å²) < 4.78 is 11.2. The number of hydrogen-bond donors (Lipinski definition) is 2. The molecule has 2 aromatic carbocycles. The summed E-state index contributed by atoms with van der Waals surface area (Å²) in [6, 6.07) is 19.3. The molecule has 0 radical (unpaired) electrons. The molecule has 3 atom stereocenters. The maximum Gasteiger partial charge on any atom is 0.407 e. The monoisotopic (exact) mass is 439 g/mol. The zero-order valence-corrected chi connectivity index (χ0v) is 19.7. The average molecular weight is 440 g/mol. The fraction of sp³-hybridized carbons (Fsp3) is 0.444. The quantitative estimate of drug-likeness (QED) is 0.467. The summed E-state index contributed by atoms with van der Waals surface area (Å²) in [6.45, 7) is 12.7. The Morgan fingerprint density at radius 3 is 2.16 bits per heavy atom. The lowest BCUT2D eigenvalue weighted by Crippen LogP contribution is -2.47. The first kappa shape index (κ1) is 25.6. The number of carbonyl (C=O) groups excluding carboxylic acids is 1. The third kappa shape index (κ3) is 9.67. The molecule has 0 bridgehead atoms. The maximum atomic E-state index is 12.4. The lowest BCUT2D eigenvalue weighted by atomic mass is 9.92. The fourth-order valence-electron chi connectivity index (χ4n) is 3.27. The van der Waals surface area contributed by atoms with E-state index in [4.69, 9.17) is 9.47 Å². The molecule has 5 heteroatoms. The van der Waals surface area contributed by atoms with Crippen molar-refractivity contribution in [3.63, 3.8) is 0 Å². The molecular formula is C27H37NO4. The molecule has 0 saturated carbocycles. The summed E-state index contributed by atoms with van der Waals surface area (Å²) >= 11 is 0. The number of alkyl carbamates (subject to hydrolysis) is 1. The Morgan fingerprint density at radius 2 is 1.59 bits per heavy atom. The van der Waals surface area contributed by atoms with Crippen LogP contribution in [0, 0.1) is 5.92 Å². The first-order valence-electron chi connectivity index (χ1n) is 11.1. The second kappa shape index (κ2) is 12.4. The summed E-state index contributed by atoms with van der Waals surface area (Å²) in [5.41, 5.74) is 2.42. The van der Waals surface area contributed by atoms with E-state index in [1.165, 1.54) is 0 Å². The van der Waals surface area contributed by atoms with E-state index >= 15 is 0 Å². The number of rotatable bonds is 11. The van der Waals surface area contributed by atoms with Crippen LogP contribution in [-0.4, -0.2) is 35.6 Å². The summed E-state index contributed by atoms with van der Waals surface area (Å²) in [7, 11) is 0. The van der Waals surface area contributed by atoms with Crippen molar-refractivity contribution in [1.82, 2.24) is 5.32 Å². The Balaban J connectivity index is 1.93. The first-order chi connectivity index (χ1) is 15.1. The Labute approximate surface area is 192 Å². The van der Waals surface area contributed by atoms with Crippen molar-refractivity contribution < 1.29 is 19.4 Å². The van der Waals surface area contributed by atoms with Crippen molar-refractivity contribution in [2.75, 3.05) is 6.61 Å². The van der Waals surface area contributed by atoms with E-state index in [1.807, 2.05) is 88.4 Å². The van der Waals surface area contributed by atoms with Crippen molar-refractivity contribution >= 4 is 6.09 Å². The molecule has 0 spiro atoms. The van der Waals surface area contributed by atoms with Gasteiger partial charge in [-0.3, -0.25) is 0 Å². The standard InChI is InChI=1S/C27H37NO4/c1-20(21(2)18-31-19-23-14-10-7-11-15-23)16-25(29)24(17-22-12-8-6-9-13-22)28-26(30)32-27(3,4)5/h6-15,21,24-25,29H,1,16-19H2,2-5H3,(H,28,30)/t21-,24+,25+/m0/s1. The van der Waals surface area contributed by atoms with Crippen molar-refractivity contribution in [2.45, 2.75) is 64.9 Å². The van der Waals surface area contributed by atoms with E-state index in [1.54, 1.807) is 0 Å². The Bertz CT molecular complexity index is 830. The Hall–Kier alpha value is -2.63. The minimum atomic E-state index is -0.799. The highest BCUT2D eigenvalue weighted by Crippen LogP contribution is 2.19. The van der Waals surface area contributed by atoms with E-state index in [0.29, 0.717) is 26.1 Å². The first-order valence-corrected chi connectivity index (χ1v) is 11.1. The highest BCUT2D eigenvalue weighted by molar-refractivity contribution is 5.68. The molecular weight excluding hydrogens is 402 g/mol. The third-order valence-electron chi connectivity index (χ3n) is 5.11. The van der Waals surface area contributed by atoms with Gasteiger partial charge < -0.3 is 19.9 Å². The molecule has 0 aliphatic rings. The van der Waals surface area contributed by atoms with Gasteiger partial charge in [0.1, 0.15) is 5.60 Å². The molecule has 0 unspecified atom stereocenters. The third-order valence-corrected chi connectivity index (χ3v) is 5.11. The normalized spacial score (nSPS) is 14.3. The van der Waals surface area contributed by atoms with E-state index in [2.05, 4.69) is 11.9 Å². The summed E-state index contributed by atoms with van der Waals surface area (Å²) in [5.74, 6) is 0.0762. The van der Waals surface area contributed by atoms with Gasteiger partial charge in [-0.05, 0) is 44.7 Å². The van der Waals surface area contributed by atoms with Crippen LogP contribution in [0.25, 0.3) is 0 Å². The predicted molar refractivity (Wildman–Crippen MR) is 128 cm³/mol. The van der Waals surface area contributed by atoms with E-state index < -0.39 is 23.8 Å². The largest absolute Gasteiger partial charge is 0.444 e. The minimum absolute atomic E-state index is 0.0762. The van der Waals surface area contributed by atoms with Crippen molar-refractivity contribution in [1.29, 1.82) is 0 Å².